The van der Waals surface area contributed by atoms with Crippen LogP contribution < -0.4 is 10.9 Å². The summed E-state index contributed by atoms with van der Waals surface area (Å²) in [4.78, 5) is 14.9. The van der Waals surface area contributed by atoms with E-state index >= 15 is 0 Å². The zero-order valence-corrected chi connectivity index (χ0v) is 13.8. The van der Waals surface area contributed by atoms with E-state index < -0.39 is 6.29 Å². The highest BCUT2D eigenvalue weighted by molar-refractivity contribution is 5.51. The summed E-state index contributed by atoms with van der Waals surface area (Å²) in [5, 5.41) is 18.2. The van der Waals surface area contributed by atoms with Crippen molar-refractivity contribution in [3.8, 4) is 0 Å². The first-order chi connectivity index (χ1) is 11.0. The lowest BCUT2D eigenvalue weighted by Gasteiger charge is -2.23. The molecule has 1 fully saturated rings. The van der Waals surface area contributed by atoms with Gasteiger partial charge in [0.25, 0.3) is 5.56 Å². The molecule has 1 aliphatic rings. The number of ether oxygens (including phenoxy) is 1. The summed E-state index contributed by atoms with van der Waals surface area (Å²) in [5.74, 6) is 0.288. The van der Waals surface area contributed by atoms with Crippen LogP contribution in [0.3, 0.4) is 0 Å². The van der Waals surface area contributed by atoms with Gasteiger partial charge in [0.1, 0.15) is 5.65 Å². The highest BCUT2D eigenvalue weighted by Gasteiger charge is 2.25. The zero-order chi connectivity index (χ0) is 16.6. The second-order valence-corrected chi connectivity index (χ2v) is 6.38. The van der Waals surface area contributed by atoms with Gasteiger partial charge in [-0.15, -0.1) is 0 Å². The van der Waals surface area contributed by atoms with Crippen LogP contribution in [0.4, 0.5) is 0 Å². The number of aliphatic hydroxyl groups excluding tert-OH is 1. The molecule has 1 saturated heterocycles. The number of H-pyrrole nitrogens is 1. The molecule has 0 bridgehead atoms. The fourth-order valence-corrected chi connectivity index (χ4v) is 3.22. The number of aromatic amines is 1. The van der Waals surface area contributed by atoms with E-state index in [4.69, 9.17) is 4.74 Å². The van der Waals surface area contributed by atoms with Crippen LogP contribution in [-0.2, 0) is 4.74 Å². The van der Waals surface area contributed by atoms with E-state index in [1.165, 1.54) is 0 Å². The lowest BCUT2D eigenvalue weighted by Crippen LogP contribution is -2.28. The minimum atomic E-state index is -1.11. The third-order valence-corrected chi connectivity index (χ3v) is 4.28. The topological polar surface area (TPSA) is 91.7 Å². The van der Waals surface area contributed by atoms with Crippen LogP contribution in [-0.4, -0.2) is 38.9 Å². The normalized spacial score (nSPS) is 18.0. The number of nitrogens with zero attached hydrogens (tertiary/aromatic N) is 2. The average Bonchev–Trinajstić information content (AvgIpc) is 2.82. The fourth-order valence-electron chi connectivity index (χ4n) is 3.22. The number of rotatable bonds is 4. The van der Waals surface area contributed by atoms with Gasteiger partial charge in [-0.3, -0.25) is 4.79 Å². The first kappa shape index (κ1) is 16.2. The third kappa shape index (κ3) is 3.17. The van der Waals surface area contributed by atoms with Gasteiger partial charge in [-0.05, 0) is 46.7 Å². The van der Waals surface area contributed by atoms with Crippen LogP contribution in [0.15, 0.2) is 10.9 Å². The van der Waals surface area contributed by atoms with E-state index in [1.54, 1.807) is 10.6 Å². The Balaban J connectivity index is 2.11. The van der Waals surface area contributed by atoms with Crippen molar-refractivity contribution in [2.75, 3.05) is 13.1 Å². The molecule has 7 nitrogen and oxygen atoms in total. The molecule has 126 valence electrons. The molecule has 3 heterocycles. The molecule has 1 aliphatic heterocycles. The molecule has 0 saturated carbocycles. The van der Waals surface area contributed by atoms with Crippen molar-refractivity contribution >= 4 is 5.65 Å². The van der Waals surface area contributed by atoms with Crippen LogP contribution in [0.2, 0.25) is 0 Å². The average molecular weight is 320 g/mol. The maximum atomic E-state index is 12.1. The number of nitrogens with one attached hydrogen (secondary N) is 2. The third-order valence-electron chi connectivity index (χ3n) is 4.28. The number of hydrogen-bond donors (Lipinski definition) is 3. The summed E-state index contributed by atoms with van der Waals surface area (Å²) in [6.45, 7) is 7.40. The second-order valence-electron chi connectivity index (χ2n) is 6.38. The molecule has 3 N–H and O–H groups in total. The molecule has 0 aliphatic carbocycles. The minimum absolute atomic E-state index is 0.126. The molecule has 0 radical (unpaired) electrons. The Bertz CT molecular complexity index is 744. The Hall–Kier alpha value is -1.70. The summed E-state index contributed by atoms with van der Waals surface area (Å²) in [6.07, 6.45) is 0.709. The molecule has 0 amide bonds. The first-order valence-electron chi connectivity index (χ1n) is 8.14. The Labute approximate surface area is 134 Å². The van der Waals surface area contributed by atoms with Gasteiger partial charge in [0, 0.05) is 12.0 Å². The van der Waals surface area contributed by atoms with Gasteiger partial charge in [-0.2, -0.15) is 5.10 Å². The van der Waals surface area contributed by atoms with Crippen molar-refractivity contribution < 1.29 is 9.84 Å². The van der Waals surface area contributed by atoms with Crippen molar-refractivity contribution in [1.82, 2.24) is 19.9 Å². The number of hydrogen-bond acceptors (Lipinski definition) is 5. The number of aryl methyl sites for hydroxylation is 1. The highest BCUT2D eigenvalue weighted by atomic mass is 16.6. The smallest absolute Gasteiger partial charge is 0.251 e. The van der Waals surface area contributed by atoms with E-state index in [9.17, 15) is 9.90 Å². The standard InChI is InChI=1S/C16H24N4O3/c1-9(2)23-16(22)14-10(3)19-20-12(8-13(21)18-15(14)20)11-4-6-17-7-5-11/h8-9,11,16-17,22H,4-7H2,1-3H3,(H,18,21). The summed E-state index contributed by atoms with van der Waals surface area (Å²) in [5.41, 5.74) is 2.44. The minimum Gasteiger partial charge on any atom is -0.364 e. The van der Waals surface area contributed by atoms with E-state index in [0.29, 0.717) is 16.9 Å². The second kappa shape index (κ2) is 6.43. The zero-order valence-electron chi connectivity index (χ0n) is 13.8. The Kier molecular flexibility index (Phi) is 4.52. The monoisotopic (exact) mass is 320 g/mol. The van der Waals surface area contributed by atoms with E-state index in [0.717, 1.165) is 31.6 Å². The lowest BCUT2D eigenvalue weighted by molar-refractivity contribution is -0.128. The van der Waals surface area contributed by atoms with Crippen molar-refractivity contribution in [3.05, 3.63) is 33.4 Å². The summed E-state index contributed by atoms with van der Waals surface area (Å²) in [7, 11) is 0. The van der Waals surface area contributed by atoms with Crippen molar-refractivity contribution in [1.29, 1.82) is 0 Å². The summed E-state index contributed by atoms with van der Waals surface area (Å²) in [6, 6.07) is 1.62. The van der Waals surface area contributed by atoms with Crippen LogP contribution in [0.25, 0.3) is 5.65 Å². The molecule has 3 rings (SSSR count). The molecule has 0 spiro atoms. The molecule has 7 heteroatoms. The van der Waals surface area contributed by atoms with Crippen molar-refractivity contribution in [3.63, 3.8) is 0 Å². The van der Waals surface area contributed by atoms with Gasteiger partial charge in [0.05, 0.1) is 23.1 Å². The molecular formula is C16H24N4O3. The maximum Gasteiger partial charge on any atom is 0.251 e. The van der Waals surface area contributed by atoms with Crippen molar-refractivity contribution in [2.24, 2.45) is 0 Å². The van der Waals surface area contributed by atoms with Crippen LogP contribution in [0, 0.1) is 6.92 Å². The van der Waals surface area contributed by atoms with E-state index in [2.05, 4.69) is 15.4 Å². The molecule has 1 atom stereocenters. The lowest BCUT2D eigenvalue weighted by atomic mass is 9.94. The van der Waals surface area contributed by atoms with Crippen LogP contribution >= 0.6 is 0 Å². The predicted molar refractivity (Wildman–Crippen MR) is 86.6 cm³/mol. The highest BCUT2D eigenvalue weighted by Crippen LogP contribution is 2.28. The summed E-state index contributed by atoms with van der Waals surface area (Å²) >= 11 is 0. The van der Waals surface area contributed by atoms with Gasteiger partial charge in [0.2, 0.25) is 0 Å². The molecule has 2 aromatic rings. The van der Waals surface area contributed by atoms with Gasteiger partial charge in [-0.1, -0.05) is 0 Å². The number of piperidine rings is 1. The first-order valence-corrected chi connectivity index (χ1v) is 8.14. The van der Waals surface area contributed by atoms with Gasteiger partial charge in [-0.25, -0.2) is 4.52 Å². The number of fused-ring (bicyclic) bond motifs is 1. The Morgan fingerprint density at radius 3 is 2.74 bits per heavy atom. The molecule has 0 aromatic carbocycles. The summed E-state index contributed by atoms with van der Waals surface area (Å²) < 4.78 is 7.24. The molecule has 1 unspecified atom stereocenters. The van der Waals surface area contributed by atoms with Crippen LogP contribution in [0.1, 0.15) is 55.8 Å². The van der Waals surface area contributed by atoms with E-state index in [1.807, 2.05) is 20.8 Å². The number of aliphatic hydroxyl groups is 1. The van der Waals surface area contributed by atoms with Gasteiger partial charge >= 0.3 is 0 Å². The molecular weight excluding hydrogens is 296 g/mol. The van der Waals surface area contributed by atoms with Gasteiger partial charge in [0.15, 0.2) is 6.29 Å². The van der Waals surface area contributed by atoms with Crippen molar-refractivity contribution in [2.45, 2.75) is 51.9 Å². The SMILES string of the molecule is Cc1nn2c(C3CCNCC3)cc(=O)[nH]c2c1C(O)OC(C)C. The van der Waals surface area contributed by atoms with Gasteiger partial charge < -0.3 is 20.1 Å². The quantitative estimate of drug-likeness (QED) is 0.737. The fraction of sp³-hybridized carbons (Fsp3) is 0.625. The Morgan fingerprint density at radius 1 is 1.39 bits per heavy atom. The molecule has 2 aromatic heterocycles. The molecule has 23 heavy (non-hydrogen) atoms. The predicted octanol–water partition coefficient (Wildman–Crippen LogP) is 1.21. The largest absolute Gasteiger partial charge is 0.364 e. The van der Waals surface area contributed by atoms with E-state index in [-0.39, 0.29) is 17.6 Å². The maximum absolute atomic E-state index is 12.1. The number of aromatic nitrogens is 3. The Morgan fingerprint density at radius 2 is 2.09 bits per heavy atom. The van der Waals surface area contributed by atoms with Crippen LogP contribution in [0.5, 0.6) is 0 Å².